The quantitative estimate of drug-likeness (QED) is 0.257. The average molecular weight is 260 g/mol. The van der Waals surface area contributed by atoms with Crippen molar-refractivity contribution in [2.45, 2.75) is 17.6 Å². The highest BCUT2D eigenvalue weighted by Crippen LogP contribution is 2.29. The van der Waals surface area contributed by atoms with Crippen LogP contribution in [0.25, 0.3) is 0 Å². The van der Waals surface area contributed by atoms with Crippen LogP contribution < -0.4 is 0 Å². The molecule has 0 rings (SSSR count). The Morgan fingerprint density at radius 3 is 2.14 bits per heavy atom. The molecular formula is C8H9Cl3O3. The maximum Gasteiger partial charge on any atom is 0.341 e. The van der Waals surface area contributed by atoms with Gasteiger partial charge in [0.15, 0.2) is 5.78 Å². The predicted molar refractivity (Wildman–Crippen MR) is 55.7 cm³/mol. The average Bonchev–Trinajstić information content (AvgIpc) is 1.98. The Morgan fingerprint density at radius 1 is 1.36 bits per heavy atom. The van der Waals surface area contributed by atoms with Crippen molar-refractivity contribution in [3.63, 3.8) is 0 Å². The molecule has 0 atom stereocenters. The fourth-order valence-corrected chi connectivity index (χ4v) is 1.00. The summed E-state index contributed by atoms with van der Waals surface area (Å²) in [7, 11) is 0. The zero-order valence-electron chi connectivity index (χ0n) is 7.64. The minimum atomic E-state index is -1.78. The third-order valence-electron chi connectivity index (χ3n) is 1.18. The third kappa shape index (κ3) is 5.47. The van der Waals surface area contributed by atoms with Gasteiger partial charge in [-0.05, 0) is 19.9 Å². The summed E-state index contributed by atoms with van der Waals surface area (Å²) < 4.78 is 2.82. The molecule has 14 heavy (non-hydrogen) atoms. The smallest absolute Gasteiger partial charge is 0.341 e. The number of hydrogen-bond acceptors (Lipinski definition) is 3. The predicted octanol–water partition coefficient (Wildman–Crippen LogP) is 2.44. The van der Waals surface area contributed by atoms with Crippen LogP contribution >= 0.6 is 34.8 Å². The lowest BCUT2D eigenvalue weighted by Crippen LogP contribution is -2.16. The Kier molecular flexibility index (Phi) is 5.49. The lowest BCUT2D eigenvalue weighted by molar-refractivity contribution is -0.139. The summed E-state index contributed by atoms with van der Waals surface area (Å²) in [4.78, 5) is 22.2. The molecule has 0 fully saturated rings. The number of alkyl halides is 3. The van der Waals surface area contributed by atoms with Crippen LogP contribution in [0, 0.1) is 0 Å². The summed E-state index contributed by atoms with van der Waals surface area (Å²) >= 11 is 16.2. The molecule has 0 spiro atoms. The highest BCUT2D eigenvalue weighted by molar-refractivity contribution is 6.69. The molecule has 0 saturated carbocycles. The Bertz CT molecular complexity index is 265. The maximum atomic E-state index is 11.2. The van der Waals surface area contributed by atoms with Crippen molar-refractivity contribution in [1.82, 2.24) is 0 Å². The van der Waals surface area contributed by atoms with Crippen molar-refractivity contribution in [3.8, 4) is 0 Å². The molecule has 0 radical (unpaired) electrons. The topological polar surface area (TPSA) is 43.4 Å². The molecule has 0 aliphatic heterocycles. The van der Waals surface area contributed by atoms with E-state index in [1.165, 1.54) is 6.92 Å². The number of carbonyl (C=O) groups is 2. The molecule has 0 unspecified atom stereocenters. The minimum Gasteiger partial charge on any atom is -0.462 e. The Labute approximate surface area is 97.0 Å². The van der Waals surface area contributed by atoms with E-state index < -0.39 is 15.5 Å². The summed E-state index contributed by atoms with van der Waals surface area (Å²) in [6.07, 6.45) is 0.942. The molecule has 6 heteroatoms. The van der Waals surface area contributed by atoms with Crippen LogP contribution in [0.5, 0.6) is 0 Å². The maximum absolute atomic E-state index is 11.2. The zero-order chi connectivity index (χ0) is 11.4. The van der Waals surface area contributed by atoms with Crippen molar-refractivity contribution < 1.29 is 14.3 Å². The van der Waals surface area contributed by atoms with E-state index in [4.69, 9.17) is 34.8 Å². The van der Waals surface area contributed by atoms with Crippen LogP contribution in [0.4, 0.5) is 0 Å². The molecule has 0 amide bonds. The summed E-state index contributed by atoms with van der Waals surface area (Å²) in [6.45, 7) is 2.97. The lowest BCUT2D eigenvalue weighted by Gasteiger charge is -2.07. The first kappa shape index (κ1) is 13.8. The van der Waals surface area contributed by atoms with Gasteiger partial charge in [0.1, 0.15) is 5.57 Å². The van der Waals surface area contributed by atoms with Gasteiger partial charge >= 0.3 is 5.97 Å². The van der Waals surface area contributed by atoms with Gasteiger partial charge in [-0.2, -0.15) is 0 Å². The second kappa shape index (κ2) is 5.59. The van der Waals surface area contributed by atoms with Crippen LogP contribution in [0.3, 0.4) is 0 Å². The Hall–Kier alpha value is -0.250. The van der Waals surface area contributed by atoms with Crippen molar-refractivity contribution in [2.75, 3.05) is 6.61 Å². The van der Waals surface area contributed by atoms with Crippen LogP contribution in [-0.2, 0) is 14.3 Å². The van der Waals surface area contributed by atoms with E-state index in [2.05, 4.69) is 4.74 Å². The summed E-state index contributed by atoms with van der Waals surface area (Å²) in [6, 6.07) is 0. The number of Topliss-reactive ketones (excluding diaryl/α,β-unsaturated/α-hetero) is 1. The fraction of sp³-hybridized carbons (Fsp3) is 0.500. The molecule has 0 aromatic rings. The molecule has 0 heterocycles. The van der Waals surface area contributed by atoms with E-state index in [9.17, 15) is 9.59 Å². The number of ether oxygens (including phenoxy) is 1. The van der Waals surface area contributed by atoms with Gasteiger partial charge in [-0.15, -0.1) is 0 Å². The molecule has 3 nitrogen and oxygen atoms in total. The van der Waals surface area contributed by atoms with E-state index in [1.54, 1.807) is 6.92 Å². The van der Waals surface area contributed by atoms with Crippen LogP contribution in [0.1, 0.15) is 13.8 Å². The Balaban J connectivity index is 4.87. The highest BCUT2D eigenvalue weighted by atomic mass is 35.6. The second-order valence-electron chi connectivity index (χ2n) is 2.38. The second-order valence-corrected chi connectivity index (χ2v) is 4.75. The van der Waals surface area contributed by atoms with E-state index >= 15 is 0 Å². The van der Waals surface area contributed by atoms with Crippen LogP contribution in [-0.4, -0.2) is 22.2 Å². The van der Waals surface area contributed by atoms with Crippen LogP contribution in [0.15, 0.2) is 11.6 Å². The molecular weight excluding hydrogens is 250 g/mol. The van der Waals surface area contributed by atoms with E-state index in [0.717, 1.165) is 6.08 Å². The standard InChI is InChI=1S/C8H9Cl3O3/c1-3-14-7(13)6(5(2)12)4-8(9,10)11/h4H,3H2,1-2H3. The number of ketones is 1. The molecule has 80 valence electrons. The van der Waals surface area contributed by atoms with Gasteiger partial charge in [-0.3, -0.25) is 4.79 Å². The summed E-state index contributed by atoms with van der Waals surface area (Å²) in [5.41, 5.74) is -0.258. The van der Waals surface area contributed by atoms with Crippen molar-refractivity contribution in [3.05, 3.63) is 11.6 Å². The van der Waals surface area contributed by atoms with Gasteiger partial charge in [0.2, 0.25) is 3.79 Å². The number of halogens is 3. The number of esters is 1. The zero-order valence-corrected chi connectivity index (χ0v) is 9.91. The van der Waals surface area contributed by atoms with E-state index in [0.29, 0.717) is 0 Å². The molecule has 0 aromatic carbocycles. The molecule has 0 aliphatic carbocycles. The van der Waals surface area contributed by atoms with E-state index in [1.807, 2.05) is 0 Å². The van der Waals surface area contributed by atoms with Crippen molar-refractivity contribution in [2.24, 2.45) is 0 Å². The monoisotopic (exact) mass is 258 g/mol. The van der Waals surface area contributed by atoms with E-state index in [-0.39, 0.29) is 12.2 Å². The lowest BCUT2D eigenvalue weighted by atomic mass is 10.2. The molecule has 0 aliphatic rings. The van der Waals surface area contributed by atoms with Gasteiger partial charge in [0.25, 0.3) is 0 Å². The van der Waals surface area contributed by atoms with Gasteiger partial charge in [-0.1, -0.05) is 34.8 Å². The first-order chi connectivity index (χ1) is 6.28. The summed E-state index contributed by atoms with van der Waals surface area (Å²) in [5, 5.41) is 0. The number of carbonyl (C=O) groups excluding carboxylic acids is 2. The largest absolute Gasteiger partial charge is 0.462 e. The molecule has 0 aromatic heterocycles. The fourth-order valence-electron chi connectivity index (χ4n) is 0.677. The highest BCUT2D eigenvalue weighted by Gasteiger charge is 2.23. The van der Waals surface area contributed by atoms with Crippen molar-refractivity contribution in [1.29, 1.82) is 0 Å². The van der Waals surface area contributed by atoms with Crippen LogP contribution in [0.2, 0.25) is 0 Å². The molecule has 0 N–H and O–H groups in total. The minimum absolute atomic E-state index is 0.156. The first-order valence-corrected chi connectivity index (χ1v) is 4.89. The SMILES string of the molecule is CCOC(=O)C(=CC(Cl)(Cl)Cl)C(C)=O. The summed E-state index contributed by atoms with van der Waals surface area (Å²) in [5.74, 6) is -1.29. The molecule has 0 bridgehead atoms. The first-order valence-electron chi connectivity index (χ1n) is 3.75. The normalized spacial score (nSPS) is 12.5. The molecule has 0 saturated heterocycles. The third-order valence-corrected chi connectivity index (χ3v) is 1.51. The van der Waals surface area contributed by atoms with Gasteiger partial charge < -0.3 is 4.74 Å². The number of rotatable bonds is 3. The number of hydrogen-bond donors (Lipinski definition) is 0. The van der Waals surface area contributed by atoms with Crippen molar-refractivity contribution >= 4 is 46.6 Å². The van der Waals surface area contributed by atoms with Gasteiger partial charge in [-0.25, -0.2) is 4.79 Å². The van der Waals surface area contributed by atoms with Gasteiger partial charge in [0.05, 0.1) is 6.61 Å². The van der Waals surface area contributed by atoms with Gasteiger partial charge in [0, 0.05) is 0 Å². The number of allylic oxidation sites excluding steroid dienone is 1. The Morgan fingerprint density at radius 2 is 1.86 bits per heavy atom.